The molecule has 20 heavy (non-hydrogen) atoms. The number of benzene rings is 2. The Kier molecular flexibility index (Phi) is 3.79. The van der Waals surface area contributed by atoms with Crippen molar-refractivity contribution in [3.63, 3.8) is 0 Å². The van der Waals surface area contributed by atoms with Crippen molar-refractivity contribution < 1.29 is 4.79 Å². The molecule has 0 aliphatic heterocycles. The zero-order valence-electron chi connectivity index (χ0n) is 10.4. The molecule has 0 aliphatic carbocycles. The molecule has 0 spiro atoms. The number of ketones is 1. The summed E-state index contributed by atoms with van der Waals surface area (Å²) in [4.78, 5) is 12.4. The zero-order chi connectivity index (χ0) is 14.1. The largest absolute Gasteiger partial charge is 0.294 e. The molecule has 3 rings (SSSR count). The predicted molar refractivity (Wildman–Crippen MR) is 86.3 cm³/mol. The second-order valence-electron chi connectivity index (χ2n) is 4.48. The fourth-order valence-corrected chi connectivity index (χ4v) is 3.57. The summed E-state index contributed by atoms with van der Waals surface area (Å²) in [5.74, 6) is 0.0756. The van der Waals surface area contributed by atoms with Crippen LogP contribution in [0.5, 0.6) is 0 Å². The number of hydrogen-bond acceptors (Lipinski definition) is 2. The molecule has 0 unspecified atom stereocenters. The summed E-state index contributed by atoms with van der Waals surface area (Å²) in [6.45, 7) is 0. The number of hydrogen-bond donors (Lipinski definition) is 0. The smallest absolute Gasteiger partial charge is 0.168 e. The van der Waals surface area contributed by atoms with Gasteiger partial charge in [-0.1, -0.05) is 47.5 Å². The Hall–Kier alpha value is -1.35. The van der Waals surface area contributed by atoms with E-state index in [4.69, 9.17) is 23.2 Å². The van der Waals surface area contributed by atoms with Gasteiger partial charge in [0.15, 0.2) is 5.78 Å². The Morgan fingerprint density at radius 3 is 2.70 bits per heavy atom. The summed E-state index contributed by atoms with van der Waals surface area (Å²) in [7, 11) is 0. The summed E-state index contributed by atoms with van der Waals surface area (Å²) in [5, 5.41) is 4.03. The molecule has 0 bridgehead atoms. The highest BCUT2D eigenvalue weighted by molar-refractivity contribution is 7.17. The maximum atomic E-state index is 12.4. The van der Waals surface area contributed by atoms with Crippen molar-refractivity contribution in [3.8, 4) is 0 Å². The molecular weight excluding hydrogens is 311 g/mol. The lowest BCUT2D eigenvalue weighted by molar-refractivity contribution is 0.0995. The number of thiophene rings is 1. The van der Waals surface area contributed by atoms with Gasteiger partial charge in [0.2, 0.25) is 0 Å². The van der Waals surface area contributed by atoms with Crippen LogP contribution in [0.2, 0.25) is 10.0 Å². The molecule has 0 saturated carbocycles. The normalized spacial score (nSPS) is 10.9. The summed E-state index contributed by atoms with van der Waals surface area (Å²) >= 11 is 13.6. The van der Waals surface area contributed by atoms with Crippen LogP contribution in [0.4, 0.5) is 0 Å². The Morgan fingerprint density at radius 2 is 1.90 bits per heavy atom. The van der Waals surface area contributed by atoms with Crippen molar-refractivity contribution in [3.05, 3.63) is 69.0 Å². The van der Waals surface area contributed by atoms with E-state index in [9.17, 15) is 4.79 Å². The van der Waals surface area contributed by atoms with Gasteiger partial charge >= 0.3 is 0 Å². The van der Waals surface area contributed by atoms with Crippen LogP contribution in [0, 0.1) is 0 Å². The van der Waals surface area contributed by atoms with E-state index < -0.39 is 0 Å². The molecule has 0 N–H and O–H groups in total. The van der Waals surface area contributed by atoms with Crippen LogP contribution in [-0.2, 0) is 6.42 Å². The number of Topliss-reactive ketones (excluding diaryl/α,β-unsaturated/α-hetero) is 1. The van der Waals surface area contributed by atoms with E-state index in [2.05, 4.69) is 0 Å². The van der Waals surface area contributed by atoms with Gasteiger partial charge in [0, 0.05) is 37.5 Å². The first-order chi connectivity index (χ1) is 9.65. The van der Waals surface area contributed by atoms with Crippen LogP contribution in [-0.4, -0.2) is 5.78 Å². The Bertz CT molecular complexity index is 792. The van der Waals surface area contributed by atoms with Crippen LogP contribution < -0.4 is 0 Å². The van der Waals surface area contributed by atoms with Crippen molar-refractivity contribution in [1.82, 2.24) is 0 Å². The summed E-state index contributed by atoms with van der Waals surface area (Å²) in [6, 6.07) is 13.1. The number of carbonyl (C=O) groups is 1. The molecule has 0 radical (unpaired) electrons. The lowest BCUT2D eigenvalue weighted by Gasteiger charge is -2.04. The molecule has 100 valence electrons. The molecule has 0 atom stereocenters. The number of carbonyl (C=O) groups excluding carboxylic acids is 1. The van der Waals surface area contributed by atoms with Crippen molar-refractivity contribution >= 4 is 50.4 Å². The highest BCUT2D eigenvalue weighted by Crippen LogP contribution is 2.28. The fourth-order valence-electron chi connectivity index (χ4n) is 2.13. The first-order valence-electron chi connectivity index (χ1n) is 6.08. The van der Waals surface area contributed by atoms with Gasteiger partial charge in [-0.3, -0.25) is 4.79 Å². The topological polar surface area (TPSA) is 17.1 Å². The SMILES string of the molecule is O=C(Cc1ccc(Cl)cc1Cl)c1csc2ccccc12. The average molecular weight is 321 g/mol. The van der Waals surface area contributed by atoms with E-state index in [1.165, 1.54) is 0 Å². The summed E-state index contributed by atoms with van der Waals surface area (Å²) in [5.41, 5.74) is 1.56. The van der Waals surface area contributed by atoms with Gasteiger partial charge in [0.05, 0.1) is 0 Å². The molecule has 1 aromatic heterocycles. The second kappa shape index (κ2) is 5.57. The van der Waals surface area contributed by atoms with Crippen LogP contribution in [0.1, 0.15) is 15.9 Å². The highest BCUT2D eigenvalue weighted by Gasteiger charge is 2.14. The first kappa shape index (κ1) is 13.6. The van der Waals surface area contributed by atoms with Gasteiger partial charge in [-0.05, 0) is 23.8 Å². The minimum Gasteiger partial charge on any atom is -0.294 e. The second-order valence-corrected chi connectivity index (χ2v) is 6.24. The third-order valence-electron chi connectivity index (χ3n) is 3.15. The predicted octanol–water partition coefficient (Wildman–Crippen LogP) is 5.63. The Labute approximate surface area is 130 Å². The fraction of sp³-hybridized carbons (Fsp3) is 0.0625. The highest BCUT2D eigenvalue weighted by atomic mass is 35.5. The summed E-state index contributed by atoms with van der Waals surface area (Å²) < 4.78 is 1.12. The van der Waals surface area contributed by atoms with E-state index in [-0.39, 0.29) is 12.2 Å². The van der Waals surface area contributed by atoms with E-state index in [0.29, 0.717) is 10.0 Å². The lowest BCUT2D eigenvalue weighted by Crippen LogP contribution is -2.03. The maximum absolute atomic E-state index is 12.4. The van der Waals surface area contributed by atoms with Crippen molar-refractivity contribution in [2.24, 2.45) is 0 Å². The maximum Gasteiger partial charge on any atom is 0.168 e. The van der Waals surface area contributed by atoms with Gasteiger partial charge in [-0.15, -0.1) is 11.3 Å². The molecule has 0 amide bonds. The number of rotatable bonds is 3. The number of fused-ring (bicyclic) bond motifs is 1. The summed E-state index contributed by atoms with van der Waals surface area (Å²) in [6.07, 6.45) is 0.288. The Morgan fingerprint density at radius 1 is 1.10 bits per heavy atom. The van der Waals surface area contributed by atoms with E-state index in [1.807, 2.05) is 29.6 Å². The van der Waals surface area contributed by atoms with Crippen molar-refractivity contribution in [2.75, 3.05) is 0 Å². The van der Waals surface area contributed by atoms with Gasteiger partial charge in [0.25, 0.3) is 0 Å². The molecule has 0 aliphatic rings. The molecule has 1 nitrogen and oxygen atoms in total. The van der Waals surface area contributed by atoms with E-state index in [0.717, 1.165) is 21.2 Å². The van der Waals surface area contributed by atoms with Gasteiger partial charge in [-0.2, -0.15) is 0 Å². The van der Waals surface area contributed by atoms with E-state index >= 15 is 0 Å². The van der Waals surface area contributed by atoms with Gasteiger partial charge in [0.1, 0.15) is 0 Å². The Balaban J connectivity index is 1.93. The third kappa shape index (κ3) is 2.59. The molecular formula is C16H10Cl2OS. The van der Waals surface area contributed by atoms with Crippen LogP contribution >= 0.6 is 34.5 Å². The molecule has 1 heterocycles. The minimum absolute atomic E-state index is 0.0756. The monoisotopic (exact) mass is 320 g/mol. The number of halogens is 2. The standard InChI is InChI=1S/C16H10Cl2OS/c17-11-6-5-10(14(18)8-11)7-15(19)13-9-20-16-4-2-1-3-12(13)16/h1-6,8-9H,7H2. The van der Waals surface area contributed by atoms with Crippen LogP contribution in [0.25, 0.3) is 10.1 Å². The minimum atomic E-state index is 0.0756. The first-order valence-corrected chi connectivity index (χ1v) is 7.72. The molecule has 0 saturated heterocycles. The molecule has 0 fully saturated rings. The van der Waals surface area contributed by atoms with Crippen LogP contribution in [0.3, 0.4) is 0 Å². The third-order valence-corrected chi connectivity index (χ3v) is 4.70. The molecule has 2 aromatic carbocycles. The van der Waals surface area contributed by atoms with Crippen LogP contribution in [0.15, 0.2) is 47.8 Å². The quantitative estimate of drug-likeness (QED) is 0.571. The van der Waals surface area contributed by atoms with E-state index in [1.54, 1.807) is 29.5 Å². The molecule has 4 heteroatoms. The van der Waals surface area contributed by atoms with Gasteiger partial charge in [-0.25, -0.2) is 0 Å². The van der Waals surface area contributed by atoms with Crippen molar-refractivity contribution in [2.45, 2.75) is 6.42 Å². The van der Waals surface area contributed by atoms with Gasteiger partial charge < -0.3 is 0 Å². The van der Waals surface area contributed by atoms with Crippen molar-refractivity contribution in [1.29, 1.82) is 0 Å². The zero-order valence-corrected chi connectivity index (χ0v) is 12.7. The molecule has 3 aromatic rings. The average Bonchev–Trinajstić information content (AvgIpc) is 2.86. The lowest BCUT2D eigenvalue weighted by atomic mass is 10.0.